The van der Waals surface area contributed by atoms with Gasteiger partial charge in [-0.25, -0.2) is 0 Å². The van der Waals surface area contributed by atoms with E-state index in [4.69, 9.17) is 58.0 Å². The van der Waals surface area contributed by atoms with Gasteiger partial charge >= 0.3 is 0 Å². The number of halogens is 5. The molecule has 0 radical (unpaired) electrons. The molecular formula is C18H17Cl5. The highest BCUT2D eigenvalue weighted by atomic mass is 35.5. The van der Waals surface area contributed by atoms with Gasteiger partial charge < -0.3 is 0 Å². The maximum Gasteiger partial charge on any atom is 0.0497 e. The van der Waals surface area contributed by atoms with Crippen LogP contribution < -0.4 is 0 Å². The third kappa shape index (κ3) is 3.62. The minimum Gasteiger partial charge on any atom is -0.0837 e. The summed E-state index contributed by atoms with van der Waals surface area (Å²) in [6.07, 6.45) is 1.32. The van der Waals surface area contributed by atoms with Crippen LogP contribution in [-0.2, 0) is 12.8 Å². The molecule has 0 amide bonds. The largest absolute Gasteiger partial charge is 0.0837 e. The second-order valence-electron chi connectivity index (χ2n) is 5.79. The Kier molecular flexibility index (Phi) is 6.20. The van der Waals surface area contributed by atoms with E-state index in [-0.39, 0.29) is 0 Å². The molecule has 0 N–H and O–H groups in total. The Morgan fingerprint density at radius 2 is 0.913 bits per heavy atom. The van der Waals surface area contributed by atoms with Crippen LogP contribution in [0.4, 0.5) is 0 Å². The number of benzene rings is 2. The van der Waals surface area contributed by atoms with Gasteiger partial charge in [0.25, 0.3) is 0 Å². The monoisotopic (exact) mass is 408 g/mol. The van der Waals surface area contributed by atoms with Crippen molar-refractivity contribution in [2.24, 2.45) is 0 Å². The fraction of sp³-hybridized carbons (Fsp3) is 0.333. The predicted molar refractivity (Wildman–Crippen MR) is 104 cm³/mol. The van der Waals surface area contributed by atoms with E-state index < -0.39 is 0 Å². The number of rotatable bonds is 3. The van der Waals surface area contributed by atoms with E-state index in [2.05, 4.69) is 0 Å². The summed E-state index contributed by atoms with van der Waals surface area (Å²) in [7, 11) is 0. The van der Waals surface area contributed by atoms with Crippen LogP contribution in [0, 0.1) is 27.7 Å². The zero-order valence-corrected chi connectivity index (χ0v) is 17.2. The van der Waals surface area contributed by atoms with Gasteiger partial charge in [0.15, 0.2) is 0 Å². The van der Waals surface area contributed by atoms with E-state index in [1.54, 1.807) is 0 Å². The van der Waals surface area contributed by atoms with Crippen molar-refractivity contribution in [1.29, 1.82) is 0 Å². The summed E-state index contributed by atoms with van der Waals surface area (Å²) in [5.74, 6) is 0. The van der Waals surface area contributed by atoms with Crippen LogP contribution in [0.25, 0.3) is 0 Å². The molecule has 2 aromatic rings. The van der Waals surface area contributed by atoms with Crippen molar-refractivity contribution in [1.82, 2.24) is 0 Å². The fourth-order valence-electron chi connectivity index (χ4n) is 2.74. The van der Waals surface area contributed by atoms with Gasteiger partial charge in [0.2, 0.25) is 0 Å². The molecule has 5 heteroatoms. The molecule has 0 fully saturated rings. The maximum atomic E-state index is 6.45. The molecule has 0 heterocycles. The van der Waals surface area contributed by atoms with Crippen molar-refractivity contribution in [2.45, 2.75) is 40.5 Å². The van der Waals surface area contributed by atoms with Gasteiger partial charge in [0.1, 0.15) is 0 Å². The Bertz CT molecular complexity index is 723. The van der Waals surface area contributed by atoms with Gasteiger partial charge in [-0.1, -0.05) is 64.1 Å². The number of aryl methyl sites for hydroxylation is 2. The Morgan fingerprint density at radius 3 is 1.30 bits per heavy atom. The summed E-state index contributed by atoms with van der Waals surface area (Å²) < 4.78 is 0. The van der Waals surface area contributed by atoms with Gasteiger partial charge in [0, 0.05) is 25.1 Å². The van der Waals surface area contributed by atoms with Crippen molar-refractivity contribution in [3.8, 4) is 0 Å². The molecule has 0 aliphatic heterocycles. The first-order valence-corrected chi connectivity index (χ1v) is 9.12. The van der Waals surface area contributed by atoms with E-state index in [1.807, 2.05) is 33.8 Å². The third-order valence-electron chi connectivity index (χ3n) is 4.13. The molecule has 0 saturated carbocycles. The molecule has 0 nitrogen and oxygen atoms in total. The molecule has 2 aromatic carbocycles. The lowest BCUT2D eigenvalue weighted by Gasteiger charge is -2.16. The highest BCUT2D eigenvalue weighted by Crippen LogP contribution is 2.39. The topological polar surface area (TPSA) is 0 Å². The molecular weight excluding hydrogens is 393 g/mol. The van der Waals surface area contributed by atoms with E-state index in [1.165, 1.54) is 0 Å². The van der Waals surface area contributed by atoms with Crippen LogP contribution in [0.1, 0.15) is 33.4 Å². The number of hydrogen-bond donors (Lipinski definition) is 0. The van der Waals surface area contributed by atoms with Crippen molar-refractivity contribution in [3.63, 3.8) is 0 Å². The average molecular weight is 411 g/mol. The molecule has 0 atom stereocenters. The smallest absolute Gasteiger partial charge is 0.0497 e. The Hall–Kier alpha value is -0.110. The Balaban J connectivity index is 2.44. The zero-order chi connectivity index (χ0) is 17.5. The van der Waals surface area contributed by atoms with Gasteiger partial charge in [-0.3, -0.25) is 0 Å². The normalized spacial score (nSPS) is 11.2. The predicted octanol–water partition coefficient (Wildman–Crippen LogP) is 7.97. The lowest BCUT2D eigenvalue weighted by atomic mass is 9.98. The molecule has 0 aromatic heterocycles. The molecule has 124 valence electrons. The molecule has 0 aliphatic rings. The van der Waals surface area contributed by atoms with Crippen LogP contribution in [0.2, 0.25) is 25.1 Å². The van der Waals surface area contributed by atoms with Crippen LogP contribution >= 0.6 is 58.0 Å². The quantitative estimate of drug-likeness (QED) is 0.481. The minimum atomic E-state index is 0.613. The number of hydrogen-bond acceptors (Lipinski definition) is 0. The molecule has 2 rings (SSSR count). The maximum absolute atomic E-state index is 6.45. The van der Waals surface area contributed by atoms with Gasteiger partial charge in [-0.15, -0.1) is 0 Å². The third-order valence-corrected chi connectivity index (χ3v) is 6.77. The lowest BCUT2D eigenvalue weighted by Crippen LogP contribution is -2.01. The summed E-state index contributed by atoms with van der Waals surface area (Å²) in [6.45, 7) is 7.75. The first kappa shape index (κ1) is 19.2. The summed E-state index contributed by atoms with van der Waals surface area (Å²) in [5.41, 5.74) is 5.56. The summed E-state index contributed by atoms with van der Waals surface area (Å²) in [4.78, 5) is 0. The van der Waals surface area contributed by atoms with Crippen LogP contribution in [0.5, 0.6) is 0 Å². The second-order valence-corrected chi connectivity index (χ2v) is 7.68. The lowest BCUT2D eigenvalue weighted by molar-refractivity contribution is 0.952. The van der Waals surface area contributed by atoms with Crippen LogP contribution in [-0.4, -0.2) is 0 Å². The van der Waals surface area contributed by atoms with Crippen molar-refractivity contribution in [3.05, 3.63) is 64.6 Å². The van der Waals surface area contributed by atoms with Crippen molar-refractivity contribution < 1.29 is 0 Å². The van der Waals surface area contributed by atoms with Crippen molar-refractivity contribution in [2.75, 3.05) is 0 Å². The Morgan fingerprint density at radius 1 is 0.565 bits per heavy atom. The molecule has 0 aliphatic carbocycles. The fourth-order valence-corrected chi connectivity index (χ4v) is 4.17. The van der Waals surface area contributed by atoms with Gasteiger partial charge in [-0.2, -0.15) is 0 Å². The Labute approximate surface area is 162 Å². The molecule has 0 spiro atoms. The standard InChI is InChI=1S/C18H17Cl5/c1-8-7-9(2)15(20)12(14(8)19)5-6-13-17(22)10(3)16(21)11(4)18(13)23/h7H,5-6H2,1-4H3. The highest BCUT2D eigenvalue weighted by Gasteiger charge is 2.18. The second kappa shape index (κ2) is 7.42. The summed E-state index contributed by atoms with van der Waals surface area (Å²) in [5, 5.41) is 3.25. The molecule has 0 bridgehead atoms. The summed E-state index contributed by atoms with van der Waals surface area (Å²) >= 11 is 32.0. The first-order valence-electron chi connectivity index (χ1n) is 7.23. The van der Waals surface area contributed by atoms with E-state index >= 15 is 0 Å². The molecule has 23 heavy (non-hydrogen) atoms. The van der Waals surface area contributed by atoms with Gasteiger partial charge in [0.05, 0.1) is 0 Å². The SMILES string of the molecule is Cc1cc(C)c(Cl)c(CCc2c(Cl)c(C)c(Cl)c(C)c2Cl)c1Cl. The summed E-state index contributed by atoms with van der Waals surface area (Å²) in [6, 6.07) is 1.99. The van der Waals surface area contributed by atoms with E-state index in [0.29, 0.717) is 38.0 Å². The van der Waals surface area contributed by atoms with Crippen LogP contribution in [0.3, 0.4) is 0 Å². The first-order chi connectivity index (χ1) is 10.7. The van der Waals surface area contributed by atoms with Crippen molar-refractivity contribution >= 4 is 58.0 Å². The van der Waals surface area contributed by atoms with E-state index in [9.17, 15) is 0 Å². The molecule has 0 saturated heterocycles. The van der Waals surface area contributed by atoms with Gasteiger partial charge in [-0.05, 0) is 73.9 Å². The average Bonchev–Trinajstić information content (AvgIpc) is 2.52. The highest BCUT2D eigenvalue weighted by molar-refractivity contribution is 6.41. The van der Waals surface area contributed by atoms with Crippen LogP contribution in [0.15, 0.2) is 6.07 Å². The minimum absolute atomic E-state index is 0.613. The zero-order valence-electron chi connectivity index (χ0n) is 13.4. The molecule has 0 unspecified atom stereocenters. The van der Waals surface area contributed by atoms with E-state index in [0.717, 1.165) is 33.4 Å².